The zero-order valence-corrected chi connectivity index (χ0v) is 15.7. The molecule has 4 rings (SSSR count). The Morgan fingerprint density at radius 3 is 2.63 bits per heavy atom. The molecular formula is C22H19N3OS. The zero-order valence-electron chi connectivity index (χ0n) is 14.9. The molecule has 0 bridgehead atoms. The largest absolute Gasteiger partial charge is 0.348 e. The van der Waals surface area contributed by atoms with Gasteiger partial charge in [0.2, 0.25) is 0 Å². The van der Waals surface area contributed by atoms with Gasteiger partial charge in [0.05, 0.1) is 16.6 Å². The summed E-state index contributed by atoms with van der Waals surface area (Å²) in [4.78, 5) is 21.9. The number of carbonyl (C=O) groups excluding carboxylic acids is 1. The van der Waals surface area contributed by atoms with Gasteiger partial charge in [-0.3, -0.25) is 4.79 Å². The summed E-state index contributed by atoms with van der Waals surface area (Å²) in [6, 6.07) is 19.7. The number of amides is 1. The number of nitrogens with zero attached hydrogens (tertiary/aromatic N) is 1. The Morgan fingerprint density at radius 1 is 1.11 bits per heavy atom. The molecule has 0 atom stereocenters. The van der Waals surface area contributed by atoms with Crippen molar-refractivity contribution in [3.63, 3.8) is 0 Å². The number of fused-ring (bicyclic) bond motifs is 1. The van der Waals surface area contributed by atoms with Crippen molar-refractivity contribution < 1.29 is 4.79 Å². The zero-order chi connectivity index (χ0) is 18.6. The van der Waals surface area contributed by atoms with E-state index in [1.54, 1.807) is 11.3 Å². The maximum atomic E-state index is 13.0. The number of para-hydroxylation sites is 2. The normalized spacial score (nSPS) is 11.7. The molecule has 5 heteroatoms. The Balaban J connectivity index is 1.68. The Bertz CT molecular complexity index is 1080. The Kier molecular flexibility index (Phi) is 4.85. The first-order valence-electron chi connectivity index (χ1n) is 8.74. The van der Waals surface area contributed by atoms with Gasteiger partial charge in [-0.15, -0.1) is 11.3 Å². The molecule has 1 amide bonds. The smallest absolute Gasteiger partial charge is 0.255 e. The van der Waals surface area contributed by atoms with E-state index in [1.807, 2.05) is 73.0 Å². The standard InChI is InChI=1S/C22H19N3OS/c1-15-11-12-27-20(15)13-17(21-24-18-9-5-6-10-19(18)25-21)22(26)23-14-16-7-3-2-4-8-16/h2-13H,14H2,1H3,(H,23,26)(H,24,25)/b17-13+. The molecular weight excluding hydrogens is 354 g/mol. The summed E-state index contributed by atoms with van der Waals surface area (Å²) >= 11 is 1.61. The van der Waals surface area contributed by atoms with Crippen molar-refractivity contribution in [1.29, 1.82) is 0 Å². The van der Waals surface area contributed by atoms with Crippen molar-refractivity contribution in [3.8, 4) is 0 Å². The van der Waals surface area contributed by atoms with E-state index >= 15 is 0 Å². The molecule has 4 nitrogen and oxygen atoms in total. The van der Waals surface area contributed by atoms with Gasteiger partial charge in [0.25, 0.3) is 5.91 Å². The van der Waals surface area contributed by atoms with Crippen molar-refractivity contribution in [1.82, 2.24) is 15.3 Å². The van der Waals surface area contributed by atoms with Gasteiger partial charge >= 0.3 is 0 Å². The third-order valence-electron chi connectivity index (χ3n) is 4.36. The number of hydrogen-bond acceptors (Lipinski definition) is 3. The second kappa shape index (κ2) is 7.60. The van der Waals surface area contributed by atoms with Crippen LogP contribution >= 0.6 is 11.3 Å². The molecule has 2 aromatic heterocycles. The van der Waals surface area contributed by atoms with Crippen LogP contribution in [-0.4, -0.2) is 15.9 Å². The first-order valence-corrected chi connectivity index (χ1v) is 9.62. The molecule has 2 heterocycles. The van der Waals surface area contributed by atoms with Gasteiger partial charge in [0.15, 0.2) is 0 Å². The molecule has 0 radical (unpaired) electrons. The highest BCUT2D eigenvalue weighted by Gasteiger charge is 2.17. The molecule has 4 aromatic rings. The summed E-state index contributed by atoms with van der Waals surface area (Å²) in [6.07, 6.45) is 1.91. The van der Waals surface area contributed by atoms with E-state index in [0.29, 0.717) is 17.9 Å². The maximum absolute atomic E-state index is 13.0. The van der Waals surface area contributed by atoms with Crippen LogP contribution in [0.3, 0.4) is 0 Å². The summed E-state index contributed by atoms with van der Waals surface area (Å²) in [5.74, 6) is 0.431. The minimum atomic E-state index is -0.147. The first-order chi connectivity index (χ1) is 13.2. The topological polar surface area (TPSA) is 57.8 Å². The molecule has 2 N–H and O–H groups in total. The molecule has 0 spiro atoms. The number of aromatic amines is 1. The Hall–Kier alpha value is -3.18. The van der Waals surface area contributed by atoms with E-state index in [4.69, 9.17) is 0 Å². The maximum Gasteiger partial charge on any atom is 0.255 e. The molecule has 0 fully saturated rings. The number of imidazole rings is 1. The van der Waals surface area contributed by atoms with Gasteiger partial charge in [-0.05, 0) is 47.7 Å². The third-order valence-corrected chi connectivity index (χ3v) is 5.33. The van der Waals surface area contributed by atoms with Gasteiger partial charge in [-0.1, -0.05) is 42.5 Å². The van der Waals surface area contributed by atoms with Crippen molar-refractivity contribution in [2.45, 2.75) is 13.5 Å². The third kappa shape index (κ3) is 3.83. The van der Waals surface area contributed by atoms with E-state index in [1.165, 1.54) is 0 Å². The lowest BCUT2D eigenvalue weighted by molar-refractivity contribution is -0.115. The van der Waals surface area contributed by atoms with Crippen LogP contribution in [0.1, 0.15) is 21.8 Å². The van der Waals surface area contributed by atoms with Gasteiger partial charge in [-0.2, -0.15) is 0 Å². The average Bonchev–Trinajstić information content (AvgIpc) is 3.30. The molecule has 0 aliphatic heterocycles. The second-order valence-electron chi connectivity index (χ2n) is 6.30. The van der Waals surface area contributed by atoms with Crippen LogP contribution in [0.2, 0.25) is 0 Å². The van der Waals surface area contributed by atoms with E-state index in [0.717, 1.165) is 27.0 Å². The van der Waals surface area contributed by atoms with E-state index in [2.05, 4.69) is 21.4 Å². The summed E-state index contributed by atoms with van der Waals surface area (Å²) in [7, 11) is 0. The molecule has 0 unspecified atom stereocenters. The molecule has 0 saturated heterocycles. The molecule has 2 aromatic carbocycles. The molecule has 27 heavy (non-hydrogen) atoms. The number of aromatic nitrogens is 2. The number of benzene rings is 2. The molecule has 0 aliphatic carbocycles. The van der Waals surface area contributed by atoms with Crippen LogP contribution in [0.25, 0.3) is 22.7 Å². The number of carbonyl (C=O) groups is 1. The van der Waals surface area contributed by atoms with E-state index in [9.17, 15) is 4.79 Å². The summed E-state index contributed by atoms with van der Waals surface area (Å²) in [5.41, 5.74) is 4.49. The van der Waals surface area contributed by atoms with Crippen LogP contribution < -0.4 is 5.32 Å². The van der Waals surface area contributed by atoms with E-state index < -0.39 is 0 Å². The number of H-pyrrole nitrogens is 1. The van der Waals surface area contributed by atoms with Crippen LogP contribution in [0, 0.1) is 6.92 Å². The second-order valence-corrected chi connectivity index (χ2v) is 7.24. The average molecular weight is 373 g/mol. The fourth-order valence-electron chi connectivity index (χ4n) is 2.86. The van der Waals surface area contributed by atoms with Gasteiger partial charge < -0.3 is 10.3 Å². The van der Waals surface area contributed by atoms with Crippen molar-refractivity contribution >= 4 is 39.9 Å². The minimum absolute atomic E-state index is 0.147. The number of aryl methyl sites for hydroxylation is 1. The lowest BCUT2D eigenvalue weighted by Gasteiger charge is -2.08. The lowest BCUT2D eigenvalue weighted by Crippen LogP contribution is -2.24. The highest BCUT2D eigenvalue weighted by atomic mass is 32.1. The Morgan fingerprint density at radius 2 is 1.89 bits per heavy atom. The van der Waals surface area contributed by atoms with Crippen LogP contribution in [0.15, 0.2) is 66.0 Å². The minimum Gasteiger partial charge on any atom is -0.348 e. The van der Waals surface area contributed by atoms with Gasteiger partial charge in [0.1, 0.15) is 5.82 Å². The number of hydrogen-bond donors (Lipinski definition) is 2. The number of thiophene rings is 1. The van der Waals surface area contributed by atoms with Crippen molar-refractivity contribution in [3.05, 3.63) is 87.9 Å². The lowest BCUT2D eigenvalue weighted by atomic mass is 10.1. The molecule has 0 aliphatic rings. The quantitative estimate of drug-likeness (QED) is 0.494. The summed E-state index contributed by atoms with van der Waals surface area (Å²) in [5, 5.41) is 5.04. The summed E-state index contributed by atoms with van der Waals surface area (Å²) in [6.45, 7) is 2.52. The van der Waals surface area contributed by atoms with Gasteiger partial charge in [-0.25, -0.2) is 4.98 Å². The van der Waals surface area contributed by atoms with Gasteiger partial charge in [0, 0.05) is 11.4 Å². The number of rotatable bonds is 5. The number of nitrogens with one attached hydrogen (secondary N) is 2. The van der Waals surface area contributed by atoms with Crippen molar-refractivity contribution in [2.75, 3.05) is 0 Å². The fraction of sp³-hybridized carbons (Fsp3) is 0.0909. The SMILES string of the molecule is Cc1ccsc1/C=C(/C(=O)NCc1ccccc1)c1nc2ccccc2[nH]1. The van der Waals surface area contributed by atoms with Crippen LogP contribution in [-0.2, 0) is 11.3 Å². The predicted octanol–water partition coefficient (Wildman–Crippen LogP) is 4.79. The van der Waals surface area contributed by atoms with Crippen LogP contribution in [0.4, 0.5) is 0 Å². The highest BCUT2D eigenvalue weighted by Crippen LogP contribution is 2.24. The van der Waals surface area contributed by atoms with E-state index in [-0.39, 0.29) is 5.91 Å². The Labute approximate surface area is 161 Å². The monoisotopic (exact) mass is 373 g/mol. The predicted molar refractivity (Wildman–Crippen MR) is 111 cm³/mol. The first kappa shape index (κ1) is 17.2. The van der Waals surface area contributed by atoms with Crippen LogP contribution in [0.5, 0.6) is 0 Å². The molecule has 134 valence electrons. The summed E-state index contributed by atoms with van der Waals surface area (Å²) < 4.78 is 0. The molecule has 0 saturated carbocycles. The fourth-order valence-corrected chi connectivity index (χ4v) is 3.72. The van der Waals surface area contributed by atoms with Crippen molar-refractivity contribution in [2.24, 2.45) is 0 Å². The highest BCUT2D eigenvalue weighted by molar-refractivity contribution is 7.11.